The minimum Gasteiger partial charge on any atom is -0.439 e. The fourth-order valence-electron chi connectivity index (χ4n) is 2.24. The molecule has 0 radical (unpaired) electrons. The zero-order chi connectivity index (χ0) is 17.6. The monoisotopic (exact) mass is 354 g/mol. The van der Waals surface area contributed by atoms with E-state index < -0.39 is 0 Å². The van der Waals surface area contributed by atoms with Gasteiger partial charge in [-0.2, -0.15) is 10.1 Å². The van der Waals surface area contributed by atoms with Crippen molar-refractivity contribution < 1.29 is 9.84 Å². The molecule has 0 unspecified atom stereocenters. The Labute approximate surface area is 149 Å². The third-order valence-corrected chi connectivity index (χ3v) is 3.56. The number of H-pyrrole nitrogens is 1. The molecule has 3 rings (SSSR count). The van der Waals surface area contributed by atoms with E-state index in [1.165, 1.54) is 12.2 Å². The summed E-state index contributed by atoms with van der Waals surface area (Å²) in [7, 11) is 0. The Hall–Kier alpha value is -2.96. The molecular weight excluding hydrogens is 340 g/mol. The number of aromatic amines is 1. The zero-order valence-corrected chi connectivity index (χ0v) is 13.9. The summed E-state index contributed by atoms with van der Waals surface area (Å²) in [5.74, 6) is 0.749. The summed E-state index contributed by atoms with van der Waals surface area (Å²) in [5, 5.41) is 23.9. The van der Waals surface area contributed by atoms with Crippen molar-refractivity contribution in [1.82, 2.24) is 15.2 Å². The van der Waals surface area contributed by atoms with Gasteiger partial charge in [0.25, 0.3) is 0 Å². The van der Waals surface area contributed by atoms with Gasteiger partial charge in [-0.25, -0.2) is 5.10 Å². The molecule has 3 aromatic rings. The Morgan fingerprint density at radius 3 is 2.72 bits per heavy atom. The number of aromatic nitrogens is 3. The quantitative estimate of drug-likeness (QED) is 0.481. The number of aliphatic hydroxyl groups excluding tert-OH is 1. The predicted octanol–water partition coefficient (Wildman–Crippen LogP) is 3.69. The first-order chi connectivity index (χ1) is 12.2. The molecule has 0 amide bonds. The van der Waals surface area contributed by atoms with Crippen LogP contribution in [0.1, 0.15) is 11.4 Å². The van der Waals surface area contributed by atoms with Gasteiger partial charge in [-0.15, -0.1) is 0 Å². The first kappa shape index (κ1) is 16.9. The second kappa shape index (κ2) is 7.74. The first-order valence-electron chi connectivity index (χ1n) is 7.47. The van der Waals surface area contributed by atoms with E-state index in [4.69, 9.17) is 21.7 Å². The van der Waals surface area contributed by atoms with Crippen LogP contribution in [0, 0.1) is 5.41 Å². The topological polar surface area (TPSA) is 94.9 Å². The highest BCUT2D eigenvalue weighted by Gasteiger charge is 2.09. The summed E-state index contributed by atoms with van der Waals surface area (Å²) in [6.45, 7) is -0.107. The van der Waals surface area contributed by atoms with Crippen molar-refractivity contribution in [2.24, 2.45) is 0 Å². The van der Waals surface area contributed by atoms with Gasteiger partial charge in [0.1, 0.15) is 5.75 Å². The van der Waals surface area contributed by atoms with Crippen molar-refractivity contribution >= 4 is 23.6 Å². The van der Waals surface area contributed by atoms with Crippen molar-refractivity contribution in [3.05, 3.63) is 71.3 Å². The number of aliphatic hydroxyl groups is 1. The van der Waals surface area contributed by atoms with Crippen molar-refractivity contribution in [3.63, 3.8) is 0 Å². The van der Waals surface area contributed by atoms with E-state index in [2.05, 4.69) is 15.2 Å². The highest BCUT2D eigenvalue weighted by Crippen LogP contribution is 2.31. The summed E-state index contributed by atoms with van der Waals surface area (Å²) in [6, 6.07) is 15.1. The van der Waals surface area contributed by atoms with Crippen LogP contribution in [0.2, 0.25) is 5.28 Å². The van der Waals surface area contributed by atoms with Crippen LogP contribution in [0.25, 0.3) is 17.2 Å². The maximum absolute atomic E-state index is 9.36. The van der Waals surface area contributed by atoms with E-state index in [1.54, 1.807) is 6.07 Å². The van der Waals surface area contributed by atoms with Crippen LogP contribution in [0.3, 0.4) is 0 Å². The van der Waals surface area contributed by atoms with E-state index in [-0.39, 0.29) is 17.8 Å². The molecule has 0 spiro atoms. The molecule has 2 aromatic carbocycles. The van der Waals surface area contributed by atoms with Crippen LogP contribution < -0.4 is 4.74 Å². The summed E-state index contributed by atoms with van der Waals surface area (Å²) in [5.41, 5.74) is 2.49. The van der Waals surface area contributed by atoms with Crippen molar-refractivity contribution in [1.29, 1.82) is 5.41 Å². The van der Waals surface area contributed by atoms with E-state index in [0.29, 0.717) is 17.1 Å². The molecule has 25 heavy (non-hydrogen) atoms. The molecule has 0 atom stereocenters. The number of nitrogens with one attached hydrogen (secondary N) is 2. The van der Waals surface area contributed by atoms with Crippen molar-refractivity contribution in [2.75, 3.05) is 0 Å². The summed E-state index contributed by atoms with van der Waals surface area (Å²) < 4.78 is 5.66. The van der Waals surface area contributed by atoms with Gasteiger partial charge in [-0.05, 0) is 34.9 Å². The van der Waals surface area contributed by atoms with E-state index in [9.17, 15) is 5.11 Å². The highest BCUT2D eigenvalue weighted by atomic mass is 35.5. The second-order valence-corrected chi connectivity index (χ2v) is 5.50. The molecule has 7 heteroatoms. The third kappa shape index (κ3) is 4.32. The van der Waals surface area contributed by atoms with Gasteiger partial charge >= 0.3 is 0 Å². The van der Waals surface area contributed by atoms with Gasteiger partial charge in [0, 0.05) is 11.6 Å². The van der Waals surface area contributed by atoms with Gasteiger partial charge in [-0.1, -0.05) is 42.5 Å². The SMILES string of the molecule is N=C(/C=C\c1n[nH]c(Cl)n1)Oc1cc(CO)ccc1-c1ccccc1. The van der Waals surface area contributed by atoms with Crippen molar-refractivity contribution in [2.45, 2.75) is 6.61 Å². The minimum absolute atomic E-state index is 0.0896. The Kier molecular flexibility index (Phi) is 5.23. The normalized spacial score (nSPS) is 11.0. The van der Waals surface area contributed by atoms with Crippen LogP contribution in [-0.4, -0.2) is 26.2 Å². The van der Waals surface area contributed by atoms with E-state index in [1.807, 2.05) is 42.5 Å². The number of ether oxygens (including phenoxy) is 1. The first-order valence-corrected chi connectivity index (χ1v) is 7.85. The lowest BCUT2D eigenvalue weighted by atomic mass is 10.0. The van der Waals surface area contributed by atoms with Gasteiger partial charge < -0.3 is 9.84 Å². The average molecular weight is 355 g/mol. The molecule has 0 fully saturated rings. The molecule has 3 N–H and O–H groups in total. The van der Waals surface area contributed by atoms with Gasteiger partial charge in [0.2, 0.25) is 11.2 Å². The van der Waals surface area contributed by atoms with Crippen LogP contribution in [0.15, 0.2) is 54.6 Å². The fraction of sp³-hybridized carbons (Fsp3) is 0.0556. The number of rotatable bonds is 5. The molecule has 0 bridgehead atoms. The van der Waals surface area contributed by atoms with Crippen LogP contribution in [0.4, 0.5) is 0 Å². The summed E-state index contributed by atoms with van der Waals surface area (Å²) in [6.07, 6.45) is 2.95. The molecule has 0 saturated carbocycles. The lowest BCUT2D eigenvalue weighted by Crippen LogP contribution is -2.04. The van der Waals surface area contributed by atoms with E-state index in [0.717, 1.165) is 11.1 Å². The molecule has 6 nitrogen and oxygen atoms in total. The summed E-state index contributed by atoms with van der Waals surface area (Å²) >= 11 is 5.66. The second-order valence-electron chi connectivity index (χ2n) is 5.14. The summed E-state index contributed by atoms with van der Waals surface area (Å²) in [4.78, 5) is 3.91. The molecule has 0 aliphatic carbocycles. The Bertz CT molecular complexity index is 906. The van der Waals surface area contributed by atoms with Crippen molar-refractivity contribution in [3.8, 4) is 16.9 Å². The largest absolute Gasteiger partial charge is 0.439 e. The van der Waals surface area contributed by atoms with Gasteiger partial charge in [-0.3, -0.25) is 5.41 Å². The molecule has 1 heterocycles. The number of hydrogen-bond donors (Lipinski definition) is 3. The molecule has 0 aliphatic rings. The average Bonchev–Trinajstić information content (AvgIpc) is 3.06. The number of nitrogens with zero attached hydrogens (tertiary/aromatic N) is 2. The maximum atomic E-state index is 9.36. The molecular formula is C18H15ClN4O2. The predicted molar refractivity (Wildman–Crippen MR) is 96.6 cm³/mol. The molecule has 126 valence electrons. The van der Waals surface area contributed by atoms with Crippen LogP contribution in [-0.2, 0) is 6.61 Å². The van der Waals surface area contributed by atoms with Gasteiger partial charge in [0.15, 0.2) is 5.82 Å². The molecule has 1 aromatic heterocycles. The van der Waals surface area contributed by atoms with E-state index >= 15 is 0 Å². The minimum atomic E-state index is -0.107. The smallest absolute Gasteiger partial charge is 0.218 e. The van der Waals surface area contributed by atoms with Crippen LogP contribution in [0.5, 0.6) is 5.75 Å². The number of benzene rings is 2. The third-order valence-electron chi connectivity index (χ3n) is 3.39. The number of hydrogen-bond acceptors (Lipinski definition) is 5. The highest BCUT2D eigenvalue weighted by molar-refractivity contribution is 6.28. The standard InChI is InChI=1S/C18H15ClN4O2/c19-18-21-17(22-23-18)9-8-16(20)25-15-10-12(11-24)6-7-14(15)13-4-2-1-3-5-13/h1-10,20,24H,11H2,(H,21,22,23)/b9-8-,20-16?. The zero-order valence-electron chi connectivity index (χ0n) is 13.1. The number of halogens is 1. The maximum Gasteiger partial charge on any atom is 0.218 e. The lowest BCUT2D eigenvalue weighted by Gasteiger charge is -2.12. The van der Waals surface area contributed by atoms with Crippen LogP contribution >= 0.6 is 11.6 Å². The molecule has 0 aliphatic heterocycles. The fourth-order valence-corrected chi connectivity index (χ4v) is 2.37. The molecule has 0 saturated heterocycles. The Balaban J connectivity index is 1.85. The van der Waals surface area contributed by atoms with Gasteiger partial charge in [0.05, 0.1) is 6.61 Å². The Morgan fingerprint density at radius 2 is 2.04 bits per heavy atom. The lowest BCUT2D eigenvalue weighted by molar-refractivity contribution is 0.281. The Morgan fingerprint density at radius 1 is 1.24 bits per heavy atom.